The first kappa shape index (κ1) is 13.1. The van der Waals surface area contributed by atoms with Gasteiger partial charge in [0, 0.05) is 17.1 Å². The van der Waals surface area contributed by atoms with Gasteiger partial charge in [0.2, 0.25) is 0 Å². The number of benzene rings is 1. The SMILES string of the molecule is Cc1csc(COc2ccc([C@H](C)N)cc2C)n1. The predicted octanol–water partition coefficient (Wildman–Crippen LogP) is 3.36. The van der Waals surface area contributed by atoms with Crippen LogP contribution < -0.4 is 10.5 Å². The van der Waals surface area contributed by atoms with Crippen LogP contribution in [-0.4, -0.2) is 4.98 Å². The maximum atomic E-state index is 5.85. The predicted molar refractivity (Wildman–Crippen MR) is 75.0 cm³/mol. The number of nitrogens with zero attached hydrogens (tertiary/aromatic N) is 1. The van der Waals surface area contributed by atoms with E-state index < -0.39 is 0 Å². The molecule has 1 aromatic heterocycles. The monoisotopic (exact) mass is 262 g/mol. The molecule has 0 unspecified atom stereocenters. The van der Waals surface area contributed by atoms with Crippen LogP contribution in [0.15, 0.2) is 23.6 Å². The largest absolute Gasteiger partial charge is 0.486 e. The molecule has 0 bridgehead atoms. The molecule has 4 heteroatoms. The van der Waals surface area contributed by atoms with Crippen LogP contribution in [0.5, 0.6) is 5.75 Å². The van der Waals surface area contributed by atoms with E-state index in [0.29, 0.717) is 6.61 Å². The average molecular weight is 262 g/mol. The maximum Gasteiger partial charge on any atom is 0.140 e. The zero-order valence-electron chi connectivity index (χ0n) is 10.9. The molecule has 2 rings (SSSR count). The number of nitrogens with two attached hydrogens (primary N) is 1. The molecule has 0 fully saturated rings. The summed E-state index contributed by atoms with van der Waals surface area (Å²) < 4.78 is 5.78. The van der Waals surface area contributed by atoms with Crippen molar-refractivity contribution in [3.63, 3.8) is 0 Å². The molecule has 0 aliphatic heterocycles. The lowest BCUT2D eigenvalue weighted by Crippen LogP contribution is -2.05. The van der Waals surface area contributed by atoms with Gasteiger partial charge in [-0.2, -0.15) is 0 Å². The third kappa shape index (κ3) is 3.09. The zero-order chi connectivity index (χ0) is 13.1. The standard InChI is InChI=1S/C14H18N2OS/c1-9-6-12(11(3)15)4-5-13(9)17-7-14-16-10(2)8-18-14/h4-6,8,11H,7,15H2,1-3H3/t11-/m0/s1. The molecule has 1 heterocycles. The Hall–Kier alpha value is -1.39. The second-order valence-electron chi connectivity index (χ2n) is 4.48. The van der Waals surface area contributed by atoms with E-state index in [1.54, 1.807) is 11.3 Å². The van der Waals surface area contributed by atoms with Gasteiger partial charge in [0.1, 0.15) is 17.4 Å². The van der Waals surface area contributed by atoms with Crippen molar-refractivity contribution in [3.8, 4) is 5.75 Å². The highest BCUT2D eigenvalue weighted by Crippen LogP contribution is 2.23. The summed E-state index contributed by atoms with van der Waals surface area (Å²) in [5.74, 6) is 0.896. The van der Waals surface area contributed by atoms with E-state index in [0.717, 1.165) is 27.6 Å². The van der Waals surface area contributed by atoms with Gasteiger partial charge in [-0.15, -0.1) is 11.3 Å². The Morgan fingerprint density at radius 1 is 1.39 bits per heavy atom. The lowest BCUT2D eigenvalue weighted by Gasteiger charge is -2.11. The summed E-state index contributed by atoms with van der Waals surface area (Å²) in [6, 6.07) is 6.13. The van der Waals surface area contributed by atoms with Crippen molar-refractivity contribution in [2.24, 2.45) is 5.73 Å². The van der Waals surface area contributed by atoms with Gasteiger partial charge in [0.25, 0.3) is 0 Å². The van der Waals surface area contributed by atoms with Crippen LogP contribution in [0.25, 0.3) is 0 Å². The smallest absolute Gasteiger partial charge is 0.140 e. The van der Waals surface area contributed by atoms with Gasteiger partial charge in [-0.25, -0.2) is 4.98 Å². The van der Waals surface area contributed by atoms with Gasteiger partial charge < -0.3 is 10.5 Å². The van der Waals surface area contributed by atoms with E-state index in [4.69, 9.17) is 10.5 Å². The van der Waals surface area contributed by atoms with E-state index in [2.05, 4.69) is 11.1 Å². The third-order valence-corrected chi connectivity index (χ3v) is 3.68. The van der Waals surface area contributed by atoms with Gasteiger partial charge >= 0.3 is 0 Å². The summed E-state index contributed by atoms with van der Waals surface area (Å²) >= 11 is 1.63. The topological polar surface area (TPSA) is 48.1 Å². The van der Waals surface area contributed by atoms with E-state index >= 15 is 0 Å². The lowest BCUT2D eigenvalue weighted by atomic mass is 10.1. The van der Waals surface area contributed by atoms with E-state index in [1.807, 2.05) is 38.3 Å². The summed E-state index contributed by atoms with van der Waals surface area (Å²) in [7, 11) is 0. The number of rotatable bonds is 4. The van der Waals surface area contributed by atoms with Crippen LogP contribution in [0.4, 0.5) is 0 Å². The molecule has 1 aromatic carbocycles. The molecule has 3 nitrogen and oxygen atoms in total. The Morgan fingerprint density at radius 2 is 2.17 bits per heavy atom. The summed E-state index contributed by atoms with van der Waals surface area (Å²) in [5.41, 5.74) is 9.13. The minimum absolute atomic E-state index is 0.0550. The highest BCUT2D eigenvalue weighted by molar-refractivity contribution is 7.09. The molecule has 0 saturated heterocycles. The molecule has 0 radical (unpaired) electrons. The molecule has 0 saturated carbocycles. The van der Waals surface area contributed by atoms with Crippen molar-refractivity contribution in [1.82, 2.24) is 4.98 Å². The highest BCUT2D eigenvalue weighted by atomic mass is 32.1. The van der Waals surface area contributed by atoms with Crippen LogP contribution in [0.2, 0.25) is 0 Å². The summed E-state index contributed by atoms with van der Waals surface area (Å²) in [6.07, 6.45) is 0. The Balaban J connectivity index is 2.05. The minimum Gasteiger partial charge on any atom is -0.486 e. The van der Waals surface area contributed by atoms with Gasteiger partial charge in [-0.05, 0) is 38.0 Å². The molecule has 0 spiro atoms. The summed E-state index contributed by atoms with van der Waals surface area (Å²) in [4.78, 5) is 4.37. The molecular weight excluding hydrogens is 244 g/mol. The van der Waals surface area contributed by atoms with Crippen LogP contribution in [0.3, 0.4) is 0 Å². The first-order chi connectivity index (χ1) is 8.56. The highest BCUT2D eigenvalue weighted by Gasteiger charge is 2.05. The average Bonchev–Trinajstić information content (AvgIpc) is 2.73. The third-order valence-electron chi connectivity index (χ3n) is 2.74. The molecule has 0 aliphatic rings. The second-order valence-corrected chi connectivity index (χ2v) is 5.43. The van der Waals surface area contributed by atoms with E-state index in [-0.39, 0.29) is 6.04 Å². The molecule has 0 amide bonds. The van der Waals surface area contributed by atoms with Crippen molar-refractivity contribution in [2.45, 2.75) is 33.4 Å². The van der Waals surface area contributed by atoms with E-state index in [1.165, 1.54) is 0 Å². The Morgan fingerprint density at radius 3 is 2.72 bits per heavy atom. The van der Waals surface area contributed by atoms with Gasteiger partial charge in [0.15, 0.2) is 0 Å². The van der Waals surface area contributed by atoms with Crippen molar-refractivity contribution < 1.29 is 4.74 Å². The molecule has 1 atom stereocenters. The van der Waals surface area contributed by atoms with Gasteiger partial charge in [0.05, 0.1) is 0 Å². The second kappa shape index (κ2) is 5.50. The fraction of sp³-hybridized carbons (Fsp3) is 0.357. The van der Waals surface area contributed by atoms with Gasteiger partial charge in [-0.3, -0.25) is 0 Å². The fourth-order valence-electron chi connectivity index (χ4n) is 1.73. The van der Waals surface area contributed by atoms with E-state index in [9.17, 15) is 0 Å². The first-order valence-corrected chi connectivity index (χ1v) is 6.84. The number of hydrogen-bond donors (Lipinski definition) is 1. The number of thiazole rings is 1. The minimum atomic E-state index is 0.0550. The van der Waals surface area contributed by atoms with Crippen molar-refractivity contribution in [1.29, 1.82) is 0 Å². The van der Waals surface area contributed by atoms with Crippen molar-refractivity contribution in [2.75, 3.05) is 0 Å². The molecule has 2 N–H and O–H groups in total. The van der Waals surface area contributed by atoms with Gasteiger partial charge in [-0.1, -0.05) is 12.1 Å². The normalized spacial score (nSPS) is 12.4. The van der Waals surface area contributed by atoms with Crippen molar-refractivity contribution in [3.05, 3.63) is 45.4 Å². The summed E-state index contributed by atoms with van der Waals surface area (Å²) in [6.45, 7) is 6.53. The number of hydrogen-bond acceptors (Lipinski definition) is 4. The molecule has 0 aliphatic carbocycles. The van der Waals surface area contributed by atoms with Crippen LogP contribution in [0.1, 0.15) is 34.8 Å². The van der Waals surface area contributed by atoms with Crippen LogP contribution in [0, 0.1) is 13.8 Å². The maximum absolute atomic E-state index is 5.85. The van der Waals surface area contributed by atoms with Crippen molar-refractivity contribution >= 4 is 11.3 Å². The zero-order valence-corrected chi connectivity index (χ0v) is 11.8. The fourth-order valence-corrected chi connectivity index (χ4v) is 2.41. The molecule has 2 aromatic rings. The first-order valence-electron chi connectivity index (χ1n) is 5.96. The van der Waals surface area contributed by atoms with Crippen LogP contribution in [-0.2, 0) is 6.61 Å². The number of aryl methyl sites for hydroxylation is 2. The Kier molecular flexibility index (Phi) is 3.99. The van der Waals surface area contributed by atoms with Crippen LogP contribution >= 0.6 is 11.3 Å². The molecule has 18 heavy (non-hydrogen) atoms. The Bertz CT molecular complexity index is 534. The Labute approximate surface area is 112 Å². The quantitative estimate of drug-likeness (QED) is 0.919. The number of ether oxygens (including phenoxy) is 1. The molecular formula is C14H18N2OS. The number of aromatic nitrogens is 1. The summed E-state index contributed by atoms with van der Waals surface area (Å²) in [5, 5.41) is 3.04. The molecule has 96 valence electrons. The lowest BCUT2D eigenvalue weighted by molar-refractivity contribution is 0.303.